The molecule has 0 heterocycles. The summed E-state index contributed by atoms with van der Waals surface area (Å²) in [6.07, 6.45) is 5.98. The molecule has 3 N–H and O–H groups in total. The average molecular weight is 290 g/mol. The van der Waals surface area contributed by atoms with Gasteiger partial charge in [-0.3, -0.25) is 4.79 Å². The van der Waals surface area contributed by atoms with E-state index in [9.17, 15) is 4.79 Å². The maximum absolute atomic E-state index is 12.4. The van der Waals surface area contributed by atoms with Crippen LogP contribution < -0.4 is 11.1 Å². The number of hydrogen-bond acceptors (Lipinski definition) is 2. The van der Waals surface area contributed by atoms with Crippen molar-refractivity contribution in [2.75, 3.05) is 0 Å². The van der Waals surface area contributed by atoms with Crippen LogP contribution in [0.25, 0.3) is 0 Å². The van der Waals surface area contributed by atoms with Gasteiger partial charge in [-0.25, -0.2) is 0 Å². The van der Waals surface area contributed by atoms with Gasteiger partial charge in [-0.05, 0) is 37.0 Å². The Morgan fingerprint density at radius 1 is 1.25 bits per heavy atom. The van der Waals surface area contributed by atoms with Crippen molar-refractivity contribution in [3.8, 4) is 0 Å². The molecule has 1 aliphatic carbocycles. The van der Waals surface area contributed by atoms with Crippen molar-refractivity contribution < 1.29 is 4.79 Å². The third kappa shape index (κ3) is 3.18. The first-order valence-electron chi connectivity index (χ1n) is 7.29. The van der Waals surface area contributed by atoms with E-state index in [2.05, 4.69) is 12.2 Å². The van der Waals surface area contributed by atoms with Gasteiger partial charge >= 0.3 is 0 Å². The Hall–Kier alpha value is -1.42. The minimum absolute atomic E-state index is 0.0812. The zero-order chi connectivity index (χ0) is 14.6. The summed E-state index contributed by atoms with van der Waals surface area (Å²) in [6, 6.07) is 7.71. The van der Waals surface area contributed by atoms with Gasteiger partial charge in [0.05, 0.1) is 10.5 Å². The summed E-state index contributed by atoms with van der Waals surface area (Å²) in [6.45, 7) is 2.10. The Morgan fingerprint density at radius 2 is 1.85 bits per heavy atom. The van der Waals surface area contributed by atoms with Gasteiger partial charge in [0.1, 0.15) is 0 Å². The van der Waals surface area contributed by atoms with Crippen LogP contribution in [0.1, 0.15) is 54.9 Å². The number of benzene rings is 1. The number of carbonyl (C=O) groups is 1. The van der Waals surface area contributed by atoms with Crippen LogP contribution in [-0.4, -0.2) is 16.4 Å². The number of amides is 1. The lowest BCUT2D eigenvalue weighted by Gasteiger charge is -2.37. The van der Waals surface area contributed by atoms with Crippen molar-refractivity contribution >= 4 is 23.1 Å². The zero-order valence-corrected chi connectivity index (χ0v) is 12.8. The van der Waals surface area contributed by atoms with E-state index in [1.54, 1.807) is 0 Å². The van der Waals surface area contributed by atoms with Gasteiger partial charge in [0.25, 0.3) is 5.91 Å². The Morgan fingerprint density at radius 3 is 2.35 bits per heavy atom. The van der Waals surface area contributed by atoms with Crippen LogP contribution in [0.2, 0.25) is 0 Å². The number of nitrogens with two attached hydrogens (primary N) is 1. The Bertz CT molecular complexity index is 490. The van der Waals surface area contributed by atoms with Crippen LogP contribution in [-0.2, 0) is 6.42 Å². The van der Waals surface area contributed by atoms with Crippen LogP contribution in [0, 0.1) is 0 Å². The molecule has 1 saturated carbocycles. The lowest BCUT2D eigenvalue weighted by atomic mass is 9.81. The van der Waals surface area contributed by atoms with Crippen molar-refractivity contribution in [1.82, 2.24) is 5.32 Å². The van der Waals surface area contributed by atoms with E-state index in [4.69, 9.17) is 18.0 Å². The molecule has 3 nitrogen and oxygen atoms in total. The minimum atomic E-state index is -0.492. The summed E-state index contributed by atoms with van der Waals surface area (Å²) in [7, 11) is 0. The highest BCUT2D eigenvalue weighted by Gasteiger charge is 2.36. The zero-order valence-electron chi connectivity index (χ0n) is 11.9. The van der Waals surface area contributed by atoms with Crippen LogP contribution in [0.5, 0.6) is 0 Å². The van der Waals surface area contributed by atoms with Gasteiger partial charge in [-0.1, -0.05) is 50.5 Å². The number of rotatable bonds is 4. The molecular formula is C16H22N2OS. The van der Waals surface area contributed by atoms with Crippen LogP contribution in [0.4, 0.5) is 0 Å². The van der Waals surface area contributed by atoms with E-state index in [1.807, 2.05) is 24.3 Å². The Kier molecular flexibility index (Phi) is 4.76. The average Bonchev–Trinajstić information content (AvgIpc) is 2.48. The normalized spacial score (nSPS) is 17.4. The topological polar surface area (TPSA) is 55.1 Å². The van der Waals surface area contributed by atoms with Crippen molar-refractivity contribution in [3.63, 3.8) is 0 Å². The molecule has 0 spiro atoms. The van der Waals surface area contributed by atoms with Gasteiger partial charge < -0.3 is 11.1 Å². The molecule has 0 bridgehead atoms. The van der Waals surface area contributed by atoms with Crippen molar-refractivity contribution in [2.45, 2.75) is 51.0 Å². The standard InChI is InChI=1S/C16H22N2OS/c1-2-12-6-8-13(9-7-12)14(19)18-16(15(17)20)10-4-3-5-11-16/h6-9H,2-5,10-11H2,1H3,(H2,17,20)(H,18,19). The van der Waals surface area contributed by atoms with Gasteiger partial charge in [-0.15, -0.1) is 0 Å². The monoisotopic (exact) mass is 290 g/mol. The Labute approximate surface area is 125 Å². The van der Waals surface area contributed by atoms with E-state index in [-0.39, 0.29) is 5.91 Å². The molecule has 0 unspecified atom stereocenters. The van der Waals surface area contributed by atoms with E-state index in [0.717, 1.165) is 32.1 Å². The number of aryl methyl sites for hydroxylation is 1. The first-order valence-corrected chi connectivity index (χ1v) is 7.69. The number of carbonyl (C=O) groups excluding carboxylic acids is 1. The molecule has 4 heteroatoms. The van der Waals surface area contributed by atoms with Crippen molar-refractivity contribution in [1.29, 1.82) is 0 Å². The molecule has 0 atom stereocenters. The Balaban J connectivity index is 2.13. The fourth-order valence-corrected chi connectivity index (χ4v) is 3.02. The number of thiocarbonyl (C=S) groups is 1. The maximum Gasteiger partial charge on any atom is 0.252 e. The van der Waals surface area contributed by atoms with Crippen molar-refractivity contribution in [3.05, 3.63) is 35.4 Å². The molecule has 0 aliphatic heterocycles. The fraction of sp³-hybridized carbons (Fsp3) is 0.500. The van der Waals surface area contributed by atoms with Gasteiger partial charge in [-0.2, -0.15) is 0 Å². The van der Waals surface area contributed by atoms with Crippen molar-refractivity contribution in [2.24, 2.45) is 5.73 Å². The fourth-order valence-electron chi connectivity index (χ4n) is 2.77. The molecule has 20 heavy (non-hydrogen) atoms. The SMILES string of the molecule is CCc1ccc(C(=O)NC2(C(N)=S)CCCCC2)cc1. The lowest BCUT2D eigenvalue weighted by molar-refractivity contribution is 0.0908. The minimum Gasteiger partial charge on any atom is -0.391 e. The van der Waals surface area contributed by atoms with Gasteiger partial charge in [0, 0.05) is 5.56 Å². The first kappa shape index (κ1) is 15.0. The van der Waals surface area contributed by atoms with E-state index in [1.165, 1.54) is 12.0 Å². The molecule has 1 aromatic rings. The smallest absolute Gasteiger partial charge is 0.252 e. The van der Waals surface area contributed by atoms with Gasteiger partial charge in [0.2, 0.25) is 0 Å². The molecule has 0 radical (unpaired) electrons. The van der Waals surface area contributed by atoms with Gasteiger partial charge in [0.15, 0.2) is 0 Å². The third-order valence-electron chi connectivity index (χ3n) is 4.16. The predicted octanol–water partition coefficient (Wildman–Crippen LogP) is 2.97. The summed E-state index contributed by atoms with van der Waals surface area (Å²) >= 11 is 5.20. The summed E-state index contributed by atoms with van der Waals surface area (Å²) in [5.74, 6) is -0.0812. The third-order valence-corrected chi connectivity index (χ3v) is 4.55. The second-order valence-electron chi connectivity index (χ2n) is 5.51. The van der Waals surface area contributed by atoms with Crippen LogP contribution in [0.3, 0.4) is 0 Å². The summed E-state index contributed by atoms with van der Waals surface area (Å²) in [5.41, 5.74) is 7.29. The molecule has 1 aromatic carbocycles. The first-order chi connectivity index (χ1) is 9.57. The molecule has 1 aliphatic rings. The van der Waals surface area contributed by atoms with E-state index in [0.29, 0.717) is 10.6 Å². The second-order valence-corrected chi connectivity index (χ2v) is 5.95. The molecule has 1 fully saturated rings. The quantitative estimate of drug-likeness (QED) is 0.838. The summed E-state index contributed by atoms with van der Waals surface area (Å²) in [4.78, 5) is 12.8. The molecule has 2 rings (SSSR count). The summed E-state index contributed by atoms with van der Waals surface area (Å²) < 4.78 is 0. The molecule has 1 amide bonds. The predicted molar refractivity (Wildman–Crippen MR) is 85.9 cm³/mol. The second kappa shape index (κ2) is 6.35. The highest BCUT2D eigenvalue weighted by molar-refractivity contribution is 7.80. The largest absolute Gasteiger partial charge is 0.391 e. The molecule has 0 aromatic heterocycles. The van der Waals surface area contributed by atoms with Crippen LogP contribution in [0.15, 0.2) is 24.3 Å². The number of nitrogens with one attached hydrogen (secondary N) is 1. The highest BCUT2D eigenvalue weighted by Crippen LogP contribution is 2.29. The summed E-state index contributed by atoms with van der Waals surface area (Å²) in [5, 5.41) is 3.08. The maximum atomic E-state index is 12.4. The molecule has 108 valence electrons. The molecular weight excluding hydrogens is 268 g/mol. The molecule has 0 saturated heterocycles. The van der Waals surface area contributed by atoms with E-state index < -0.39 is 5.54 Å². The highest BCUT2D eigenvalue weighted by atomic mass is 32.1. The lowest BCUT2D eigenvalue weighted by Crippen LogP contribution is -2.57. The van der Waals surface area contributed by atoms with Crippen LogP contribution >= 0.6 is 12.2 Å². The number of hydrogen-bond donors (Lipinski definition) is 2. The van der Waals surface area contributed by atoms with E-state index >= 15 is 0 Å².